The minimum absolute atomic E-state index is 0.133. The Kier molecular flexibility index (Phi) is 4.31. The van der Waals surface area contributed by atoms with E-state index in [9.17, 15) is 13.5 Å². The summed E-state index contributed by atoms with van der Waals surface area (Å²) in [6.45, 7) is 2.44. The number of nitrogens with zero attached hydrogens (tertiary/aromatic N) is 2. The molecule has 1 aliphatic rings. The van der Waals surface area contributed by atoms with E-state index < -0.39 is 16.8 Å². The normalized spacial score (nSPS) is 20.0. The molecule has 3 rings (SSSR count). The van der Waals surface area contributed by atoms with Crippen LogP contribution in [0.25, 0.3) is 0 Å². The van der Waals surface area contributed by atoms with E-state index in [1.54, 1.807) is 24.3 Å². The smallest absolute Gasteiger partial charge is 0.148 e. The molecule has 1 atom stereocenters. The summed E-state index contributed by atoms with van der Waals surface area (Å²) in [5.41, 5.74) is 7.33. The molecule has 0 saturated carbocycles. The number of benzene rings is 2. The summed E-state index contributed by atoms with van der Waals surface area (Å²) in [4.78, 5) is 0. The molecule has 0 aromatic heterocycles. The molecule has 0 bridgehead atoms. The van der Waals surface area contributed by atoms with Gasteiger partial charge in [0.1, 0.15) is 5.82 Å². The number of anilines is 2. The fourth-order valence-corrected chi connectivity index (χ4v) is 4.67. The van der Waals surface area contributed by atoms with Gasteiger partial charge in [-0.1, -0.05) is 30.3 Å². The van der Waals surface area contributed by atoms with Gasteiger partial charge in [-0.25, -0.2) is 8.70 Å². The van der Waals surface area contributed by atoms with Crippen molar-refractivity contribution in [2.75, 3.05) is 10.8 Å². The van der Waals surface area contributed by atoms with Gasteiger partial charge in [0.25, 0.3) is 0 Å². The lowest BCUT2D eigenvalue weighted by atomic mass is 10.1. The Labute approximate surface area is 136 Å². The van der Waals surface area contributed by atoms with Gasteiger partial charge in [0.15, 0.2) is 0 Å². The van der Waals surface area contributed by atoms with Gasteiger partial charge in [-0.05, 0) is 41.6 Å². The maximum atomic E-state index is 14.3. The van der Waals surface area contributed by atoms with Crippen molar-refractivity contribution in [1.82, 2.24) is 4.31 Å². The molecule has 23 heavy (non-hydrogen) atoms. The topological polar surface area (TPSA) is 73.0 Å². The Morgan fingerprint density at radius 2 is 1.74 bits per heavy atom. The van der Waals surface area contributed by atoms with Crippen LogP contribution in [-0.4, -0.2) is 26.0 Å². The van der Waals surface area contributed by atoms with Crippen LogP contribution in [0.5, 0.6) is 0 Å². The predicted molar refractivity (Wildman–Crippen MR) is 91.9 cm³/mol. The lowest BCUT2D eigenvalue weighted by Gasteiger charge is -2.55. The van der Waals surface area contributed by atoms with Gasteiger partial charge in [0.2, 0.25) is 0 Å². The molecular formula is C16H20FN3O2S. The lowest BCUT2D eigenvalue weighted by Crippen LogP contribution is -2.48. The van der Waals surface area contributed by atoms with Gasteiger partial charge in [0.05, 0.1) is 11.4 Å². The molecular weight excluding hydrogens is 317 g/mol. The first-order chi connectivity index (χ1) is 11.0. The molecule has 2 aromatic rings. The highest BCUT2D eigenvalue weighted by atomic mass is 32.3. The van der Waals surface area contributed by atoms with Gasteiger partial charge in [-0.3, -0.25) is 9.11 Å². The summed E-state index contributed by atoms with van der Waals surface area (Å²) >= 11 is 0. The zero-order valence-corrected chi connectivity index (χ0v) is 13.6. The zero-order chi connectivity index (χ0) is 16.6. The zero-order valence-electron chi connectivity index (χ0n) is 12.8. The molecule has 1 aliphatic heterocycles. The molecule has 0 fully saturated rings. The summed E-state index contributed by atoms with van der Waals surface area (Å²) in [7, 11) is -3.42. The van der Waals surface area contributed by atoms with Crippen LogP contribution in [0.15, 0.2) is 48.5 Å². The standard InChI is InChI=1S/C16H20FN3O2S/c1-12(10-18)19-11-13-6-2-4-8-15(13)20(23(19,21)22)16-9-5-3-7-14(16)17/h2-9,12,21-22H,10-11,18H2,1H3. The quantitative estimate of drug-likeness (QED) is 0.796. The van der Waals surface area contributed by atoms with Gasteiger partial charge >= 0.3 is 0 Å². The Bertz CT molecular complexity index is 713. The van der Waals surface area contributed by atoms with Crippen molar-refractivity contribution in [3.05, 3.63) is 59.9 Å². The summed E-state index contributed by atoms with van der Waals surface area (Å²) in [5, 5.41) is 0. The predicted octanol–water partition coefficient (Wildman–Crippen LogP) is 3.71. The highest BCUT2D eigenvalue weighted by Gasteiger charge is 2.40. The molecule has 0 saturated heterocycles. The maximum absolute atomic E-state index is 14.3. The SMILES string of the molecule is CC(CN)N1Cc2ccccc2N(c2ccccc2F)S1(O)O. The van der Waals surface area contributed by atoms with Crippen LogP contribution < -0.4 is 10.0 Å². The number of hydrogen-bond acceptors (Lipinski definition) is 5. The fraction of sp³-hybridized carbons (Fsp3) is 0.250. The van der Waals surface area contributed by atoms with Crippen molar-refractivity contribution in [2.45, 2.75) is 19.5 Å². The lowest BCUT2D eigenvalue weighted by molar-refractivity contribution is 0.285. The molecule has 1 heterocycles. The first kappa shape index (κ1) is 16.2. The third kappa shape index (κ3) is 2.71. The van der Waals surface area contributed by atoms with E-state index in [2.05, 4.69) is 0 Å². The highest BCUT2D eigenvalue weighted by molar-refractivity contribution is 8.23. The van der Waals surface area contributed by atoms with Crippen LogP contribution in [-0.2, 0) is 6.54 Å². The summed E-state index contributed by atoms with van der Waals surface area (Å²) < 4.78 is 38.9. The minimum Gasteiger partial charge on any atom is -0.329 e. The van der Waals surface area contributed by atoms with Gasteiger partial charge in [-0.15, -0.1) is 0 Å². The minimum atomic E-state index is -3.42. The molecule has 0 radical (unpaired) electrons. The second kappa shape index (κ2) is 6.10. The number of hydrogen-bond donors (Lipinski definition) is 3. The Hall–Kier alpha value is -1.64. The van der Waals surface area contributed by atoms with E-state index in [1.165, 1.54) is 20.7 Å². The number of nitrogens with two attached hydrogens (primary N) is 1. The van der Waals surface area contributed by atoms with E-state index in [1.807, 2.05) is 19.1 Å². The van der Waals surface area contributed by atoms with Gasteiger partial charge < -0.3 is 5.73 Å². The van der Waals surface area contributed by atoms with E-state index in [0.717, 1.165) is 5.56 Å². The molecule has 0 aliphatic carbocycles. The average Bonchev–Trinajstić information content (AvgIpc) is 2.54. The third-order valence-electron chi connectivity index (χ3n) is 4.00. The molecule has 2 aromatic carbocycles. The second-order valence-electron chi connectivity index (χ2n) is 5.52. The van der Waals surface area contributed by atoms with Crippen molar-refractivity contribution < 1.29 is 13.5 Å². The van der Waals surface area contributed by atoms with E-state index in [4.69, 9.17) is 5.73 Å². The number of rotatable bonds is 3. The van der Waals surface area contributed by atoms with E-state index in [0.29, 0.717) is 12.2 Å². The third-order valence-corrected chi connectivity index (χ3v) is 6.00. The highest BCUT2D eigenvalue weighted by Crippen LogP contribution is 2.59. The summed E-state index contributed by atoms with van der Waals surface area (Å²) in [5.74, 6) is -0.510. The summed E-state index contributed by atoms with van der Waals surface area (Å²) in [6.07, 6.45) is 0. The first-order valence-corrected chi connectivity index (χ1v) is 8.80. The van der Waals surface area contributed by atoms with Gasteiger partial charge in [0, 0.05) is 19.1 Å². The summed E-state index contributed by atoms with van der Waals surface area (Å²) in [6, 6.07) is 13.2. The monoisotopic (exact) mass is 337 g/mol. The van der Waals surface area contributed by atoms with Crippen LogP contribution >= 0.6 is 11.0 Å². The number of para-hydroxylation sites is 2. The van der Waals surface area contributed by atoms with Crippen molar-refractivity contribution in [1.29, 1.82) is 0 Å². The Morgan fingerprint density at radius 1 is 1.13 bits per heavy atom. The fourth-order valence-electron chi connectivity index (χ4n) is 2.73. The molecule has 5 nitrogen and oxygen atoms in total. The maximum Gasteiger partial charge on any atom is 0.148 e. The Morgan fingerprint density at radius 3 is 2.39 bits per heavy atom. The van der Waals surface area contributed by atoms with Crippen molar-refractivity contribution in [2.24, 2.45) is 5.73 Å². The largest absolute Gasteiger partial charge is 0.329 e. The molecule has 124 valence electrons. The molecule has 1 unspecified atom stereocenters. The van der Waals surface area contributed by atoms with Crippen molar-refractivity contribution >= 4 is 22.3 Å². The first-order valence-electron chi connectivity index (χ1n) is 7.34. The average molecular weight is 337 g/mol. The molecule has 4 N–H and O–H groups in total. The van der Waals surface area contributed by atoms with Crippen molar-refractivity contribution in [3.8, 4) is 0 Å². The molecule has 0 spiro atoms. The van der Waals surface area contributed by atoms with Crippen LogP contribution in [0, 0.1) is 5.82 Å². The van der Waals surface area contributed by atoms with E-state index in [-0.39, 0.29) is 18.3 Å². The Balaban J connectivity index is 2.20. The second-order valence-corrected chi connectivity index (χ2v) is 7.34. The van der Waals surface area contributed by atoms with Gasteiger partial charge in [-0.2, -0.15) is 4.31 Å². The van der Waals surface area contributed by atoms with Crippen LogP contribution in [0.2, 0.25) is 0 Å². The van der Waals surface area contributed by atoms with Crippen molar-refractivity contribution in [3.63, 3.8) is 0 Å². The van der Waals surface area contributed by atoms with E-state index >= 15 is 0 Å². The number of fused-ring (bicyclic) bond motifs is 1. The van der Waals surface area contributed by atoms with Crippen LogP contribution in [0.1, 0.15) is 12.5 Å². The van der Waals surface area contributed by atoms with Crippen LogP contribution in [0.4, 0.5) is 15.8 Å². The molecule has 0 amide bonds. The van der Waals surface area contributed by atoms with Crippen LogP contribution in [0.3, 0.4) is 0 Å². The number of halogens is 1. The molecule has 7 heteroatoms.